The number of guanidine groups is 1. The monoisotopic (exact) mass is 874 g/mol. The Morgan fingerprint density at radius 1 is 0.587 bits per heavy atom. The smallest absolute Gasteiger partial charge is 0.243 e. The largest absolute Gasteiger partial charge is 0.370 e. The van der Waals surface area contributed by atoms with Crippen LogP contribution in [-0.2, 0) is 51.2 Å². The lowest BCUT2D eigenvalue weighted by Crippen LogP contribution is -2.59. The molecule has 3 aromatic rings. The average molecular weight is 875 g/mol. The first-order chi connectivity index (χ1) is 29.9. The normalized spacial score (nSPS) is 14.2. The lowest BCUT2D eigenvalue weighted by molar-refractivity contribution is -0.135. The number of amides is 8. The van der Waals surface area contributed by atoms with Gasteiger partial charge in [-0.3, -0.25) is 43.3 Å². The van der Waals surface area contributed by atoms with Crippen molar-refractivity contribution in [2.45, 2.75) is 122 Å². The zero-order valence-corrected chi connectivity index (χ0v) is 36.4. The van der Waals surface area contributed by atoms with Crippen molar-refractivity contribution in [2.75, 3.05) is 6.54 Å². The second-order valence-corrected chi connectivity index (χ2v) is 15.4. The van der Waals surface area contributed by atoms with Gasteiger partial charge in [-0.2, -0.15) is 0 Å². The van der Waals surface area contributed by atoms with E-state index >= 15 is 0 Å². The van der Waals surface area contributed by atoms with E-state index in [1.807, 2.05) is 31.2 Å². The zero-order valence-electron chi connectivity index (χ0n) is 36.4. The Bertz CT molecular complexity index is 2090. The number of nitrogens with zero attached hydrogens (tertiary/aromatic N) is 1. The molecule has 0 aliphatic heterocycles. The molecule has 20 nitrogen and oxygen atoms in total. The number of hydrogen-bond acceptors (Lipinski definition) is 9. The summed E-state index contributed by atoms with van der Waals surface area (Å²) >= 11 is 0. The van der Waals surface area contributed by atoms with Gasteiger partial charge in [0.1, 0.15) is 42.3 Å². The molecule has 0 spiro atoms. The van der Waals surface area contributed by atoms with Gasteiger partial charge in [0, 0.05) is 43.4 Å². The summed E-state index contributed by atoms with van der Waals surface area (Å²) in [5, 5.41) is 19.1. The summed E-state index contributed by atoms with van der Waals surface area (Å²) < 4.78 is 0. The number of aromatic amines is 1. The third kappa shape index (κ3) is 16.8. The fourth-order valence-corrected chi connectivity index (χ4v) is 6.53. The van der Waals surface area contributed by atoms with E-state index in [2.05, 4.69) is 47.2 Å². The molecule has 0 aliphatic rings. The molecule has 3 rings (SSSR count). The lowest BCUT2D eigenvalue weighted by atomic mass is 10.0. The highest BCUT2D eigenvalue weighted by molar-refractivity contribution is 5.97. The molecule has 0 radical (unpaired) electrons. The van der Waals surface area contributed by atoms with Crippen molar-refractivity contribution in [1.82, 2.24) is 42.2 Å². The lowest BCUT2D eigenvalue weighted by Gasteiger charge is -2.26. The molecule has 0 unspecified atom stereocenters. The second kappa shape index (κ2) is 25.1. The van der Waals surface area contributed by atoms with Crippen LogP contribution in [0.1, 0.15) is 77.8 Å². The van der Waals surface area contributed by atoms with Crippen LogP contribution >= 0.6 is 0 Å². The minimum absolute atomic E-state index is 0.0104. The van der Waals surface area contributed by atoms with Crippen LogP contribution in [0.3, 0.4) is 0 Å². The molecule has 7 atom stereocenters. The van der Waals surface area contributed by atoms with Gasteiger partial charge in [0.2, 0.25) is 47.3 Å². The van der Waals surface area contributed by atoms with E-state index in [0.717, 1.165) is 22.9 Å². The predicted molar refractivity (Wildman–Crippen MR) is 237 cm³/mol. The minimum Gasteiger partial charge on any atom is -0.370 e. The third-order valence-corrected chi connectivity index (χ3v) is 10.0. The Labute approximate surface area is 366 Å². The number of nitrogens with one attached hydrogen (secondary N) is 8. The molecule has 0 saturated heterocycles. The topological polar surface area (TPSA) is 327 Å². The van der Waals surface area contributed by atoms with Crippen molar-refractivity contribution in [2.24, 2.45) is 22.2 Å². The molecule has 0 fully saturated rings. The summed E-state index contributed by atoms with van der Waals surface area (Å²) in [5.41, 5.74) is 18.9. The summed E-state index contributed by atoms with van der Waals surface area (Å²) in [5.74, 6) is -5.56. The predicted octanol–water partition coefficient (Wildman–Crippen LogP) is -0.845. The molecular weight excluding hydrogens is 813 g/mol. The number of hydrogen-bond donors (Lipinski definition) is 11. The Morgan fingerprint density at radius 2 is 1.08 bits per heavy atom. The number of carbonyl (C=O) groups is 8. The summed E-state index contributed by atoms with van der Waals surface area (Å²) in [6.07, 6.45) is 3.86. The van der Waals surface area contributed by atoms with Gasteiger partial charge in [0.25, 0.3) is 0 Å². The molecule has 1 aromatic heterocycles. The van der Waals surface area contributed by atoms with E-state index in [9.17, 15) is 38.4 Å². The van der Waals surface area contributed by atoms with Crippen LogP contribution in [0, 0.1) is 0 Å². The van der Waals surface area contributed by atoms with Crippen LogP contribution in [0.4, 0.5) is 0 Å². The molecule has 2 aromatic carbocycles. The van der Waals surface area contributed by atoms with Gasteiger partial charge in [0.15, 0.2) is 5.96 Å². The molecular formula is C43H62N12O8. The second-order valence-electron chi connectivity index (χ2n) is 15.4. The number of rotatable bonds is 25. The van der Waals surface area contributed by atoms with E-state index in [1.54, 1.807) is 36.5 Å². The number of aromatic nitrogens is 1. The Morgan fingerprint density at radius 3 is 1.65 bits per heavy atom. The van der Waals surface area contributed by atoms with Crippen molar-refractivity contribution < 1.29 is 38.4 Å². The standard InChI is InChI=1S/C43H62N12O8/c1-6-7-17-32(52-27(5)56)40(61)50-24(2)37(58)49-25(3)39(60)55-35(21-28-14-9-8-10-15-28)42(63)53-33(19-13-20-47-43(45)46)41(62)51-26(4)38(59)54-34(36(44)57)22-29-23-48-31-18-12-11-16-30(29)31/h8-12,14-16,18,23-26,32-35,48H,6-7,13,17,19-22H2,1-5H3,(H2,44,57)(H,49,58)(H,50,61)(H,51,62)(H,52,56)(H,53,63)(H,54,59)(H,55,60)(H4,45,46,47)/t24-,25-,26-,32-,33-,34-,35+/m0/s1. The molecule has 0 bridgehead atoms. The minimum atomic E-state index is -1.26. The zero-order chi connectivity index (χ0) is 46.6. The fourth-order valence-electron chi connectivity index (χ4n) is 6.53. The van der Waals surface area contributed by atoms with Gasteiger partial charge < -0.3 is 59.4 Å². The van der Waals surface area contributed by atoms with Gasteiger partial charge in [-0.25, -0.2) is 0 Å². The highest BCUT2D eigenvalue weighted by Crippen LogP contribution is 2.19. The summed E-state index contributed by atoms with van der Waals surface area (Å²) in [6, 6.07) is 8.26. The maximum absolute atomic E-state index is 14.0. The average Bonchev–Trinajstić information content (AvgIpc) is 3.65. The Kier molecular flexibility index (Phi) is 20.0. The van der Waals surface area contributed by atoms with Crippen LogP contribution in [-0.4, -0.2) is 107 Å². The number of para-hydroxylation sites is 1. The van der Waals surface area contributed by atoms with Crippen LogP contribution in [0.5, 0.6) is 0 Å². The van der Waals surface area contributed by atoms with Gasteiger partial charge in [0.05, 0.1) is 0 Å². The summed E-state index contributed by atoms with van der Waals surface area (Å²) in [6.45, 7) is 7.57. The number of primary amides is 1. The molecule has 0 aliphatic carbocycles. The molecule has 8 amide bonds. The van der Waals surface area contributed by atoms with Gasteiger partial charge in [-0.1, -0.05) is 68.3 Å². The number of carbonyl (C=O) groups excluding carboxylic acids is 8. The highest BCUT2D eigenvalue weighted by Gasteiger charge is 2.32. The first-order valence-corrected chi connectivity index (χ1v) is 20.9. The molecule has 63 heavy (non-hydrogen) atoms. The molecule has 20 heteroatoms. The Balaban J connectivity index is 1.74. The number of aliphatic imine (C=N–C) groups is 1. The van der Waals surface area contributed by atoms with E-state index in [0.29, 0.717) is 18.4 Å². The fraction of sp³-hybridized carbons (Fsp3) is 0.465. The summed E-state index contributed by atoms with van der Waals surface area (Å²) in [7, 11) is 0. The van der Waals surface area contributed by atoms with E-state index in [1.165, 1.54) is 27.7 Å². The number of nitrogens with two attached hydrogens (primary N) is 3. The van der Waals surface area contributed by atoms with E-state index < -0.39 is 89.6 Å². The van der Waals surface area contributed by atoms with Gasteiger partial charge in [-0.15, -0.1) is 0 Å². The van der Waals surface area contributed by atoms with E-state index in [4.69, 9.17) is 17.2 Å². The number of unbranched alkanes of at least 4 members (excludes halogenated alkanes) is 1. The Hall–Kier alpha value is -6.99. The van der Waals surface area contributed by atoms with Crippen LogP contribution in [0.25, 0.3) is 10.9 Å². The maximum Gasteiger partial charge on any atom is 0.243 e. The molecule has 0 saturated carbocycles. The van der Waals surface area contributed by atoms with Crippen molar-refractivity contribution >= 4 is 64.1 Å². The highest BCUT2D eigenvalue weighted by atomic mass is 16.2. The molecule has 14 N–H and O–H groups in total. The quantitative estimate of drug-likeness (QED) is 0.0285. The number of benzene rings is 2. The van der Waals surface area contributed by atoms with Crippen LogP contribution in [0.15, 0.2) is 65.8 Å². The first kappa shape index (κ1) is 50.4. The van der Waals surface area contributed by atoms with Crippen molar-refractivity contribution in [3.63, 3.8) is 0 Å². The SMILES string of the molecule is CCCC[C@H](NC(C)=O)C(=O)N[C@@H](C)C(=O)N[C@@H](C)C(=O)N[C@H](Cc1ccccc1)C(=O)N[C@@H](CCCN=C(N)N)C(=O)N[C@@H](C)C(=O)N[C@@H](Cc1c[nH]c2ccccc12)C(N)=O. The third-order valence-electron chi connectivity index (χ3n) is 10.0. The van der Waals surface area contributed by atoms with Crippen LogP contribution < -0.4 is 54.4 Å². The van der Waals surface area contributed by atoms with Crippen molar-refractivity contribution in [3.05, 3.63) is 71.9 Å². The molecule has 1 heterocycles. The molecule has 342 valence electrons. The van der Waals surface area contributed by atoms with Gasteiger partial charge >= 0.3 is 0 Å². The van der Waals surface area contributed by atoms with Crippen LogP contribution in [0.2, 0.25) is 0 Å². The number of fused-ring (bicyclic) bond motifs is 1. The van der Waals surface area contributed by atoms with E-state index in [-0.39, 0.29) is 38.2 Å². The van der Waals surface area contributed by atoms with Crippen molar-refractivity contribution in [3.8, 4) is 0 Å². The number of H-pyrrole nitrogens is 1. The first-order valence-electron chi connectivity index (χ1n) is 20.9. The van der Waals surface area contributed by atoms with Crippen molar-refractivity contribution in [1.29, 1.82) is 0 Å². The van der Waals surface area contributed by atoms with Gasteiger partial charge in [-0.05, 0) is 57.2 Å². The maximum atomic E-state index is 14.0. The summed E-state index contributed by atoms with van der Waals surface area (Å²) in [4.78, 5) is 112.